The number of carbonyl (C=O) groups excluding carboxylic acids is 1. The van der Waals surface area contributed by atoms with Crippen LogP contribution < -0.4 is 0 Å². The van der Waals surface area contributed by atoms with Gasteiger partial charge in [0.05, 0.1) is 13.0 Å². The SMILES string of the molecule is COC(=O)C(C)C(C)N(CCCO)C(C)C. The topological polar surface area (TPSA) is 49.8 Å². The van der Waals surface area contributed by atoms with Crippen molar-refractivity contribution >= 4 is 5.97 Å². The van der Waals surface area contributed by atoms with E-state index in [4.69, 9.17) is 9.84 Å². The summed E-state index contributed by atoms with van der Waals surface area (Å²) >= 11 is 0. The van der Waals surface area contributed by atoms with Crippen LogP contribution in [0, 0.1) is 5.92 Å². The molecule has 0 amide bonds. The van der Waals surface area contributed by atoms with Crippen LogP contribution in [0.25, 0.3) is 0 Å². The molecular weight excluding hydrogens is 206 g/mol. The molecule has 96 valence electrons. The summed E-state index contributed by atoms with van der Waals surface area (Å²) in [4.78, 5) is 13.7. The number of rotatable bonds is 7. The molecule has 0 heterocycles. The van der Waals surface area contributed by atoms with Crippen molar-refractivity contribution in [2.75, 3.05) is 20.3 Å². The maximum absolute atomic E-state index is 11.5. The number of aliphatic hydroxyl groups excluding tert-OH is 1. The second kappa shape index (κ2) is 7.63. The molecule has 2 atom stereocenters. The van der Waals surface area contributed by atoms with Crippen molar-refractivity contribution < 1.29 is 14.6 Å². The van der Waals surface area contributed by atoms with Crippen LogP contribution in [0.3, 0.4) is 0 Å². The van der Waals surface area contributed by atoms with Gasteiger partial charge in [-0.1, -0.05) is 6.92 Å². The second-order valence-electron chi connectivity index (χ2n) is 4.46. The summed E-state index contributed by atoms with van der Waals surface area (Å²) in [6.45, 7) is 9.08. The fourth-order valence-electron chi connectivity index (χ4n) is 1.86. The summed E-state index contributed by atoms with van der Waals surface area (Å²) in [5, 5.41) is 8.85. The van der Waals surface area contributed by atoms with Gasteiger partial charge in [0.25, 0.3) is 0 Å². The van der Waals surface area contributed by atoms with Gasteiger partial charge in [0.1, 0.15) is 0 Å². The number of carbonyl (C=O) groups is 1. The van der Waals surface area contributed by atoms with E-state index in [0.29, 0.717) is 6.04 Å². The maximum Gasteiger partial charge on any atom is 0.309 e. The van der Waals surface area contributed by atoms with Gasteiger partial charge >= 0.3 is 5.97 Å². The Labute approximate surface area is 98.6 Å². The lowest BCUT2D eigenvalue weighted by Crippen LogP contribution is -2.45. The molecule has 16 heavy (non-hydrogen) atoms. The second-order valence-corrected chi connectivity index (χ2v) is 4.46. The molecule has 0 aromatic heterocycles. The third-order valence-corrected chi connectivity index (χ3v) is 3.06. The number of hydrogen-bond donors (Lipinski definition) is 1. The predicted octanol–water partition coefficient (Wildman–Crippen LogP) is 1.28. The van der Waals surface area contributed by atoms with Crippen molar-refractivity contribution in [3.63, 3.8) is 0 Å². The molecule has 0 rings (SSSR count). The quantitative estimate of drug-likeness (QED) is 0.671. The van der Waals surface area contributed by atoms with Crippen LogP contribution in [-0.2, 0) is 9.53 Å². The van der Waals surface area contributed by atoms with Crippen LogP contribution in [0.5, 0.6) is 0 Å². The molecule has 4 nitrogen and oxygen atoms in total. The minimum Gasteiger partial charge on any atom is -0.469 e. The minimum atomic E-state index is -0.179. The zero-order chi connectivity index (χ0) is 12.7. The van der Waals surface area contributed by atoms with E-state index in [0.717, 1.165) is 13.0 Å². The van der Waals surface area contributed by atoms with Crippen LogP contribution in [0.1, 0.15) is 34.1 Å². The average Bonchev–Trinajstić information content (AvgIpc) is 2.26. The van der Waals surface area contributed by atoms with Crippen molar-refractivity contribution in [1.29, 1.82) is 0 Å². The Morgan fingerprint density at radius 1 is 1.31 bits per heavy atom. The van der Waals surface area contributed by atoms with E-state index in [9.17, 15) is 4.79 Å². The first-order valence-corrected chi connectivity index (χ1v) is 5.90. The van der Waals surface area contributed by atoms with Crippen molar-refractivity contribution in [1.82, 2.24) is 4.90 Å². The highest BCUT2D eigenvalue weighted by Gasteiger charge is 2.27. The molecule has 0 fully saturated rings. The Morgan fingerprint density at radius 2 is 1.88 bits per heavy atom. The molecule has 0 radical (unpaired) electrons. The summed E-state index contributed by atoms with van der Waals surface area (Å²) in [6, 6.07) is 0.479. The van der Waals surface area contributed by atoms with Gasteiger partial charge in [-0.25, -0.2) is 0 Å². The molecule has 4 heteroatoms. The Kier molecular flexibility index (Phi) is 7.34. The summed E-state index contributed by atoms with van der Waals surface area (Å²) in [6.07, 6.45) is 0.733. The molecule has 0 aromatic rings. The first-order chi connectivity index (χ1) is 7.45. The molecule has 0 saturated carbocycles. The first-order valence-electron chi connectivity index (χ1n) is 5.90. The van der Waals surface area contributed by atoms with Crippen LogP contribution >= 0.6 is 0 Å². The number of hydrogen-bond acceptors (Lipinski definition) is 4. The molecule has 0 aliphatic heterocycles. The molecule has 0 spiro atoms. The van der Waals surface area contributed by atoms with Gasteiger partial charge in [-0.15, -0.1) is 0 Å². The minimum absolute atomic E-state index is 0.124. The van der Waals surface area contributed by atoms with E-state index < -0.39 is 0 Å². The normalized spacial score (nSPS) is 15.2. The van der Waals surface area contributed by atoms with Crippen LogP contribution in [0.15, 0.2) is 0 Å². The van der Waals surface area contributed by atoms with Gasteiger partial charge in [0.15, 0.2) is 0 Å². The molecule has 0 bridgehead atoms. The van der Waals surface area contributed by atoms with Gasteiger partial charge in [-0.05, 0) is 27.2 Å². The van der Waals surface area contributed by atoms with E-state index in [1.165, 1.54) is 7.11 Å². The van der Waals surface area contributed by atoms with Crippen molar-refractivity contribution in [3.05, 3.63) is 0 Å². The highest BCUT2D eigenvalue weighted by molar-refractivity contribution is 5.72. The highest BCUT2D eigenvalue weighted by Crippen LogP contribution is 2.15. The fourth-order valence-corrected chi connectivity index (χ4v) is 1.86. The molecule has 0 aromatic carbocycles. The van der Waals surface area contributed by atoms with E-state index in [-0.39, 0.29) is 24.5 Å². The molecule has 0 saturated heterocycles. The summed E-state index contributed by atoms with van der Waals surface area (Å²) in [5.74, 6) is -0.326. The third-order valence-electron chi connectivity index (χ3n) is 3.06. The van der Waals surface area contributed by atoms with E-state index >= 15 is 0 Å². The van der Waals surface area contributed by atoms with Crippen molar-refractivity contribution in [2.24, 2.45) is 5.92 Å². The lowest BCUT2D eigenvalue weighted by Gasteiger charge is -2.35. The molecule has 2 unspecified atom stereocenters. The van der Waals surface area contributed by atoms with Crippen LogP contribution in [0.2, 0.25) is 0 Å². The van der Waals surface area contributed by atoms with Crippen molar-refractivity contribution in [3.8, 4) is 0 Å². The Hall–Kier alpha value is -0.610. The highest BCUT2D eigenvalue weighted by atomic mass is 16.5. The first kappa shape index (κ1) is 15.4. The smallest absolute Gasteiger partial charge is 0.309 e. The molecule has 0 aliphatic rings. The van der Waals surface area contributed by atoms with E-state index in [2.05, 4.69) is 18.7 Å². The standard InChI is InChI=1S/C12H25NO3/c1-9(2)13(7-6-8-14)11(4)10(3)12(15)16-5/h9-11,14H,6-8H2,1-5H3. The van der Waals surface area contributed by atoms with Crippen LogP contribution in [0.4, 0.5) is 0 Å². The molecule has 0 aliphatic carbocycles. The summed E-state index contributed by atoms with van der Waals surface area (Å²) in [7, 11) is 1.42. The van der Waals surface area contributed by atoms with E-state index in [1.807, 2.05) is 13.8 Å². The predicted molar refractivity (Wildman–Crippen MR) is 64.2 cm³/mol. The number of esters is 1. The number of aliphatic hydroxyl groups is 1. The largest absolute Gasteiger partial charge is 0.469 e. The summed E-state index contributed by atoms with van der Waals surface area (Å²) < 4.78 is 4.75. The average molecular weight is 231 g/mol. The Morgan fingerprint density at radius 3 is 2.25 bits per heavy atom. The fraction of sp³-hybridized carbons (Fsp3) is 0.917. The number of ether oxygens (including phenoxy) is 1. The zero-order valence-corrected chi connectivity index (χ0v) is 11.1. The van der Waals surface area contributed by atoms with Gasteiger partial charge in [0, 0.05) is 25.2 Å². The summed E-state index contributed by atoms with van der Waals surface area (Å²) in [5.41, 5.74) is 0. The number of nitrogens with zero attached hydrogens (tertiary/aromatic N) is 1. The van der Waals surface area contributed by atoms with Crippen LogP contribution in [-0.4, -0.2) is 48.3 Å². The van der Waals surface area contributed by atoms with Crippen molar-refractivity contribution in [2.45, 2.75) is 46.2 Å². The van der Waals surface area contributed by atoms with Gasteiger partial charge in [-0.2, -0.15) is 0 Å². The third kappa shape index (κ3) is 4.49. The van der Waals surface area contributed by atoms with Gasteiger partial charge in [0.2, 0.25) is 0 Å². The van der Waals surface area contributed by atoms with E-state index in [1.54, 1.807) is 0 Å². The molecule has 1 N–H and O–H groups in total. The Bertz CT molecular complexity index is 206. The maximum atomic E-state index is 11.5. The number of methoxy groups -OCH3 is 1. The lowest BCUT2D eigenvalue weighted by molar-refractivity contribution is -0.147. The molecular formula is C12H25NO3. The monoisotopic (exact) mass is 231 g/mol. The zero-order valence-electron chi connectivity index (χ0n) is 11.1. The van der Waals surface area contributed by atoms with Gasteiger partial charge < -0.3 is 9.84 Å². The van der Waals surface area contributed by atoms with Gasteiger partial charge in [-0.3, -0.25) is 9.69 Å². The lowest BCUT2D eigenvalue weighted by atomic mass is 10.0. The Balaban J connectivity index is 4.47.